The van der Waals surface area contributed by atoms with Gasteiger partial charge >= 0.3 is 0 Å². The summed E-state index contributed by atoms with van der Waals surface area (Å²) < 4.78 is 0. The molecule has 0 aliphatic carbocycles. The lowest BCUT2D eigenvalue weighted by molar-refractivity contribution is -0.119. The average Bonchev–Trinajstić information content (AvgIpc) is 2.74. The number of hydrogen-bond acceptors (Lipinski definition) is 4. The highest BCUT2D eigenvalue weighted by Crippen LogP contribution is 2.26. The maximum Gasteiger partial charge on any atom is 0.258 e. The van der Waals surface area contributed by atoms with Gasteiger partial charge in [-0.3, -0.25) is 9.59 Å². The summed E-state index contributed by atoms with van der Waals surface area (Å²) in [6.45, 7) is 7.68. The molecular weight excluding hydrogens is 406 g/mol. The zero-order valence-corrected chi connectivity index (χ0v) is 19.0. The second-order valence-corrected chi connectivity index (χ2v) is 8.48. The van der Waals surface area contributed by atoms with Crippen LogP contribution in [0.1, 0.15) is 45.7 Å². The number of nitrogens with zero attached hydrogens (tertiary/aromatic N) is 1. The number of benzene rings is 2. The van der Waals surface area contributed by atoms with Crippen LogP contribution in [0.3, 0.4) is 0 Å². The number of para-hydroxylation sites is 1. The van der Waals surface area contributed by atoms with E-state index in [9.17, 15) is 9.59 Å². The number of pyridine rings is 1. The number of anilines is 1. The molecule has 1 atom stereocenters. The summed E-state index contributed by atoms with van der Waals surface area (Å²) >= 11 is 1.28. The van der Waals surface area contributed by atoms with Crippen molar-refractivity contribution in [2.24, 2.45) is 0 Å². The molecule has 5 nitrogen and oxygen atoms in total. The van der Waals surface area contributed by atoms with Crippen molar-refractivity contribution in [2.75, 3.05) is 11.1 Å². The SMILES string of the molecule is Cc1cc(C)c(C(=O)Nc2ccccc2C)c(SCC(=O)NC(C)c2ccccc2)n1. The van der Waals surface area contributed by atoms with E-state index in [2.05, 4.69) is 15.6 Å². The van der Waals surface area contributed by atoms with E-state index >= 15 is 0 Å². The molecule has 0 fully saturated rings. The predicted octanol–water partition coefficient (Wildman–Crippen LogP) is 5.23. The van der Waals surface area contributed by atoms with E-state index in [1.807, 2.05) is 88.4 Å². The highest BCUT2D eigenvalue weighted by atomic mass is 32.2. The lowest BCUT2D eigenvalue weighted by Crippen LogP contribution is -2.28. The number of nitrogens with one attached hydrogen (secondary N) is 2. The quantitative estimate of drug-likeness (QED) is 0.501. The number of thioether (sulfide) groups is 1. The van der Waals surface area contributed by atoms with E-state index in [1.165, 1.54) is 11.8 Å². The predicted molar refractivity (Wildman–Crippen MR) is 127 cm³/mol. The van der Waals surface area contributed by atoms with Gasteiger partial charge in [0.05, 0.1) is 17.4 Å². The van der Waals surface area contributed by atoms with Crippen molar-refractivity contribution >= 4 is 29.3 Å². The third-order valence-electron chi connectivity index (χ3n) is 4.95. The molecule has 3 rings (SSSR count). The molecule has 6 heteroatoms. The molecule has 1 aromatic heterocycles. The summed E-state index contributed by atoms with van der Waals surface area (Å²) in [6.07, 6.45) is 0. The Morgan fingerprint density at radius 3 is 2.35 bits per heavy atom. The molecule has 1 unspecified atom stereocenters. The Bertz CT molecular complexity index is 1080. The Kier molecular flexibility index (Phi) is 7.47. The molecule has 160 valence electrons. The van der Waals surface area contributed by atoms with Crippen molar-refractivity contribution in [1.29, 1.82) is 0 Å². The first-order chi connectivity index (χ1) is 14.8. The van der Waals surface area contributed by atoms with E-state index in [4.69, 9.17) is 0 Å². The Labute approximate surface area is 187 Å². The van der Waals surface area contributed by atoms with Crippen LogP contribution < -0.4 is 10.6 Å². The van der Waals surface area contributed by atoms with Crippen LogP contribution in [0, 0.1) is 20.8 Å². The van der Waals surface area contributed by atoms with Gasteiger partial charge < -0.3 is 10.6 Å². The van der Waals surface area contributed by atoms with E-state index in [1.54, 1.807) is 0 Å². The molecule has 1 heterocycles. The smallest absolute Gasteiger partial charge is 0.258 e. The fourth-order valence-corrected chi connectivity index (χ4v) is 4.28. The molecule has 0 aliphatic heterocycles. The lowest BCUT2D eigenvalue weighted by atomic mass is 10.1. The van der Waals surface area contributed by atoms with E-state index in [-0.39, 0.29) is 23.6 Å². The molecule has 0 saturated carbocycles. The standard InChI is InChI=1S/C25H27N3O2S/c1-16-10-8-9-13-21(16)28-24(30)23-17(2)14-18(3)26-25(23)31-15-22(29)27-19(4)20-11-6-5-7-12-20/h5-14,19H,15H2,1-4H3,(H,27,29)(H,28,30). The zero-order valence-electron chi connectivity index (χ0n) is 18.2. The maximum absolute atomic E-state index is 13.1. The van der Waals surface area contributed by atoms with Crippen molar-refractivity contribution < 1.29 is 9.59 Å². The van der Waals surface area contributed by atoms with Crippen molar-refractivity contribution in [3.8, 4) is 0 Å². The van der Waals surface area contributed by atoms with Gasteiger partial charge in [-0.25, -0.2) is 4.98 Å². The topological polar surface area (TPSA) is 71.1 Å². The number of rotatable bonds is 7. The van der Waals surface area contributed by atoms with Crippen LogP contribution >= 0.6 is 11.8 Å². The molecule has 2 aromatic carbocycles. The fourth-order valence-electron chi connectivity index (χ4n) is 3.32. The molecule has 0 bridgehead atoms. The lowest BCUT2D eigenvalue weighted by Gasteiger charge is -2.16. The first kappa shape index (κ1) is 22.6. The summed E-state index contributed by atoms with van der Waals surface area (Å²) in [6, 6.07) is 19.2. The largest absolute Gasteiger partial charge is 0.349 e. The molecule has 2 amide bonds. The minimum atomic E-state index is -0.222. The molecule has 2 N–H and O–H groups in total. The van der Waals surface area contributed by atoms with Crippen LogP contribution in [-0.2, 0) is 4.79 Å². The average molecular weight is 434 g/mol. The molecule has 0 radical (unpaired) electrons. The van der Waals surface area contributed by atoms with Crippen LogP contribution in [-0.4, -0.2) is 22.6 Å². The van der Waals surface area contributed by atoms with Crippen molar-refractivity contribution in [1.82, 2.24) is 10.3 Å². The second kappa shape index (κ2) is 10.3. The van der Waals surface area contributed by atoms with Crippen LogP contribution in [0.2, 0.25) is 0 Å². The summed E-state index contributed by atoms with van der Waals surface area (Å²) in [5, 5.41) is 6.54. The second-order valence-electron chi connectivity index (χ2n) is 7.52. The van der Waals surface area contributed by atoms with Gasteiger partial charge in [-0.1, -0.05) is 60.3 Å². The Balaban J connectivity index is 1.73. The van der Waals surface area contributed by atoms with Crippen LogP contribution in [0.5, 0.6) is 0 Å². The van der Waals surface area contributed by atoms with Crippen LogP contribution in [0.15, 0.2) is 65.7 Å². The number of amides is 2. The van der Waals surface area contributed by atoms with Gasteiger partial charge in [0.15, 0.2) is 0 Å². The van der Waals surface area contributed by atoms with Crippen molar-refractivity contribution in [2.45, 2.75) is 38.8 Å². The molecule has 0 saturated heterocycles. The molecule has 31 heavy (non-hydrogen) atoms. The summed E-state index contributed by atoms with van der Waals surface area (Å²) in [7, 11) is 0. The number of aryl methyl sites for hydroxylation is 3. The molecular formula is C25H27N3O2S. The van der Waals surface area contributed by atoms with Gasteiger partial charge in [-0.2, -0.15) is 0 Å². The van der Waals surface area contributed by atoms with Gasteiger partial charge in [-0.05, 0) is 56.5 Å². The van der Waals surface area contributed by atoms with Crippen LogP contribution in [0.4, 0.5) is 5.69 Å². The van der Waals surface area contributed by atoms with E-state index in [0.717, 1.165) is 28.1 Å². The van der Waals surface area contributed by atoms with Crippen molar-refractivity contribution in [3.63, 3.8) is 0 Å². The van der Waals surface area contributed by atoms with Gasteiger partial charge in [-0.15, -0.1) is 0 Å². The van der Waals surface area contributed by atoms with Gasteiger partial charge in [0.25, 0.3) is 5.91 Å². The zero-order chi connectivity index (χ0) is 22.4. The molecule has 0 aliphatic rings. The first-order valence-corrected chi connectivity index (χ1v) is 11.2. The van der Waals surface area contributed by atoms with Crippen LogP contribution in [0.25, 0.3) is 0 Å². The third-order valence-corrected chi connectivity index (χ3v) is 5.92. The van der Waals surface area contributed by atoms with Crippen molar-refractivity contribution in [3.05, 3.63) is 88.6 Å². The highest BCUT2D eigenvalue weighted by molar-refractivity contribution is 8.00. The Morgan fingerprint density at radius 2 is 1.65 bits per heavy atom. The Morgan fingerprint density at radius 1 is 0.968 bits per heavy atom. The van der Waals surface area contributed by atoms with Gasteiger partial charge in [0.2, 0.25) is 5.91 Å². The van der Waals surface area contributed by atoms with E-state index < -0.39 is 0 Å². The third kappa shape index (κ3) is 5.95. The maximum atomic E-state index is 13.1. The Hall–Kier alpha value is -3.12. The summed E-state index contributed by atoms with van der Waals surface area (Å²) in [5.41, 5.74) is 4.94. The van der Waals surface area contributed by atoms with Gasteiger partial charge in [0, 0.05) is 11.4 Å². The minimum absolute atomic E-state index is 0.0923. The number of aromatic nitrogens is 1. The van der Waals surface area contributed by atoms with E-state index in [0.29, 0.717) is 10.6 Å². The summed E-state index contributed by atoms with van der Waals surface area (Å²) in [5.74, 6) is -0.148. The fraction of sp³-hybridized carbons (Fsp3) is 0.240. The molecule has 3 aromatic rings. The first-order valence-electron chi connectivity index (χ1n) is 10.2. The monoisotopic (exact) mass is 433 g/mol. The summed E-state index contributed by atoms with van der Waals surface area (Å²) in [4.78, 5) is 30.1. The number of carbonyl (C=O) groups is 2. The normalized spacial score (nSPS) is 11.6. The molecule has 0 spiro atoms. The number of carbonyl (C=O) groups excluding carboxylic acids is 2. The van der Waals surface area contributed by atoms with Gasteiger partial charge in [0.1, 0.15) is 5.03 Å². The minimum Gasteiger partial charge on any atom is -0.349 e. The number of hydrogen-bond donors (Lipinski definition) is 2. The highest BCUT2D eigenvalue weighted by Gasteiger charge is 2.19.